The fraction of sp³-hybridized carbons (Fsp3) is 0.632. The number of ether oxygens (including phenoxy) is 2. The number of nitrogens with zero attached hydrogens (tertiary/aromatic N) is 2. The maximum absolute atomic E-state index is 14.4. The molecule has 1 amide bonds. The Morgan fingerprint density at radius 2 is 1.89 bits per heavy atom. The average molecular weight is 414 g/mol. The number of benzene rings is 1. The first-order chi connectivity index (χ1) is 13.4. The second kappa shape index (κ2) is 8.86. The van der Waals surface area contributed by atoms with Gasteiger partial charge >= 0.3 is 0 Å². The van der Waals surface area contributed by atoms with E-state index >= 15 is 0 Å². The lowest BCUT2D eigenvalue weighted by Gasteiger charge is -2.38. The quantitative estimate of drug-likeness (QED) is 0.714. The third-order valence-corrected chi connectivity index (χ3v) is 7.34. The van der Waals surface area contributed by atoms with E-state index in [4.69, 9.17) is 9.47 Å². The lowest BCUT2D eigenvalue weighted by atomic mass is 10.00. The third-order valence-electron chi connectivity index (χ3n) is 5.27. The molecule has 28 heavy (non-hydrogen) atoms. The smallest absolute Gasteiger partial charge is 0.254 e. The minimum Gasteiger partial charge on any atom is -0.348 e. The van der Waals surface area contributed by atoms with Crippen molar-refractivity contribution >= 4 is 15.9 Å². The molecule has 0 aliphatic carbocycles. The summed E-state index contributed by atoms with van der Waals surface area (Å²) in [5, 5.41) is 0. The zero-order chi connectivity index (χ0) is 20.3. The number of halogens is 1. The molecule has 2 saturated heterocycles. The molecule has 2 aliphatic heterocycles. The van der Waals surface area contributed by atoms with Crippen LogP contribution >= 0.6 is 0 Å². The summed E-state index contributed by atoms with van der Waals surface area (Å²) >= 11 is 0. The van der Waals surface area contributed by atoms with Gasteiger partial charge in [-0.15, -0.1) is 0 Å². The highest BCUT2D eigenvalue weighted by Gasteiger charge is 2.37. The molecule has 156 valence electrons. The van der Waals surface area contributed by atoms with Gasteiger partial charge in [0.2, 0.25) is 10.0 Å². The highest BCUT2D eigenvalue weighted by Crippen LogP contribution is 2.27. The van der Waals surface area contributed by atoms with Crippen molar-refractivity contribution in [2.75, 3.05) is 32.8 Å². The number of carbonyl (C=O) groups excluding carboxylic acids is 1. The Hall–Kier alpha value is -1.55. The maximum atomic E-state index is 14.4. The van der Waals surface area contributed by atoms with Crippen LogP contribution in [0.15, 0.2) is 23.1 Å². The fourth-order valence-electron chi connectivity index (χ4n) is 3.79. The molecule has 1 aromatic rings. The van der Waals surface area contributed by atoms with E-state index in [0.29, 0.717) is 19.8 Å². The van der Waals surface area contributed by atoms with Gasteiger partial charge in [-0.05, 0) is 37.5 Å². The SMILES string of the molecule is CCN(CC)S(=O)(=O)c1cc(C(=O)N2CCCCC2C2OCCO2)ccc1F. The third kappa shape index (κ3) is 4.07. The van der Waals surface area contributed by atoms with Gasteiger partial charge in [0.05, 0.1) is 19.3 Å². The van der Waals surface area contributed by atoms with Crippen LogP contribution in [0.4, 0.5) is 4.39 Å². The predicted octanol–water partition coefficient (Wildman–Crippen LogP) is 2.22. The number of amides is 1. The molecule has 0 spiro atoms. The number of rotatable bonds is 6. The Labute approximate surface area is 165 Å². The molecule has 3 rings (SSSR count). The second-order valence-corrected chi connectivity index (χ2v) is 8.81. The van der Waals surface area contributed by atoms with Gasteiger partial charge in [0.25, 0.3) is 5.91 Å². The fourth-order valence-corrected chi connectivity index (χ4v) is 5.34. The summed E-state index contributed by atoms with van der Waals surface area (Å²) in [6.45, 7) is 5.34. The molecule has 0 aromatic heterocycles. The van der Waals surface area contributed by atoms with Gasteiger partial charge < -0.3 is 14.4 Å². The van der Waals surface area contributed by atoms with E-state index < -0.39 is 27.0 Å². The van der Waals surface area contributed by atoms with E-state index in [1.807, 2.05) is 0 Å². The van der Waals surface area contributed by atoms with Crippen LogP contribution in [-0.4, -0.2) is 68.7 Å². The molecule has 0 bridgehead atoms. The standard InChI is InChI=1S/C19H27FN2O5S/c1-3-21(4-2)28(24,25)17-13-14(8-9-15(17)20)18(23)22-10-6-5-7-16(22)19-26-11-12-27-19/h8-9,13,16,19H,3-7,10-12H2,1-2H3. The monoisotopic (exact) mass is 414 g/mol. The largest absolute Gasteiger partial charge is 0.348 e. The Bertz CT molecular complexity index is 807. The summed E-state index contributed by atoms with van der Waals surface area (Å²) in [5.41, 5.74) is 0.150. The van der Waals surface area contributed by atoms with Crippen molar-refractivity contribution in [3.05, 3.63) is 29.6 Å². The minimum atomic E-state index is -4.01. The number of likely N-dealkylation sites (tertiary alicyclic amines) is 1. The molecule has 0 saturated carbocycles. The van der Waals surface area contributed by atoms with Crippen LogP contribution in [0, 0.1) is 5.82 Å². The van der Waals surface area contributed by atoms with Gasteiger partial charge in [0.1, 0.15) is 10.7 Å². The second-order valence-electron chi connectivity index (χ2n) is 6.91. The zero-order valence-electron chi connectivity index (χ0n) is 16.3. The molecule has 2 heterocycles. The predicted molar refractivity (Wildman–Crippen MR) is 101 cm³/mol. The van der Waals surface area contributed by atoms with E-state index in [-0.39, 0.29) is 30.6 Å². The molecule has 2 aliphatic rings. The summed E-state index contributed by atoms with van der Waals surface area (Å²) in [5.74, 6) is -1.19. The van der Waals surface area contributed by atoms with Gasteiger partial charge in [-0.3, -0.25) is 4.79 Å². The first kappa shape index (κ1) is 21.2. The van der Waals surface area contributed by atoms with Crippen molar-refractivity contribution in [3.63, 3.8) is 0 Å². The van der Waals surface area contributed by atoms with Crippen LogP contribution < -0.4 is 0 Å². The van der Waals surface area contributed by atoms with Gasteiger partial charge in [0, 0.05) is 25.2 Å². The highest BCUT2D eigenvalue weighted by atomic mass is 32.2. The van der Waals surface area contributed by atoms with E-state index in [9.17, 15) is 17.6 Å². The van der Waals surface area contributed by atoms with Crippen molar-refractivity contribution in [2.24, 2.45) is 0 Å². The van der Waals surface area contributed by atoms with Crippen LogP contribution in [0.5, 0.6) is 0 Å². The van der Waals surface area contributed by atoms with Crippen LogP contribution in [0.3, 0.4) is 0 Å². The molecule has 1 unspecified atom stereocenters. The molecule has 7 nitrogen and oxygen atoms in total. The topological polar surface area (TPSA) is 76.2 Å². The summed E-state index contributed by atoms with van der Waals surface area (Å²) in [7, 11) is -4.01. The first-order valence-electron chi connectivity index (χ1n) is 9.74. The molecular weight excluding hydrogens is 387 g/mol. The van der Waals surface area contributed by atoms with Gasteiger partial charge in [0.15, 0.2) is 6.29 Å². The van der Waals surface area contributed by atoms with Crippen molar-refractivity contribution < 1.29 is 27.1 Å². The van der Waals surface area contributed by atoms with Crippen LogP contribution in [0.1, 0.15) is 43.5 Å². The van der Waals surface area contributed by atoms with E-state index in [2.05, 4.69) is 0 Å². The van der Waals surface area contributed by atoms with Gasteiger partial charge in [-0.1, -0.05) is 13.8 Å². The molecule has 0 N–H and O–H groups in total. The molecule has 9 heteroatoms. The number of piperidine rings is 1. The molecule has 1 aromatic carbocycles. The minimum absolute atomic E-state index is 0.150. The van der Waals surface area contributed by atoms with Crippen LogP contribution in [0.2, 0.25) is 0 Å². The molecule has 0 radical (unpaired) electrons. The molecule has 2 fully saturated rings. The maximum Gasteiger partial charge on any atom is 0.254 e. The molecular formula is C19H27FN2O5S. The number of hydrogen-bond donors (Lipinski definition) is 0. The van der Waals surface area contributed by atoms with Gasteiger partial charge in [-0.2, -0.15) is 4.31 Å². The Morgan fingerprint density at radius 3 is 2.54 bits per heavy atom. The van der Waals surface area contributed by atoms with Crippen molar-refractivity contribution in [3.8, 4) is 0 Å². The average Bonchev–Trinajstić information content (AvgIpc) is 3.23. The summed E-state index contributed by atoms with van der Waals surface area (Å²) in [6.07, 6.45) is 2.09. The van der Waals surface area contributed by atoms with Crippen LogP contribution in [0.25, 0.3) is 0 Å². The molecule has 1 atom stereocenters. The van der Waals surface area contributed by atoms with Crippen molar-refractivity contribution in [2.45, 2.75) is 50.3 Å². The highest BCUT2D eigenvalue weighted by molar-refractivity contribution is 7.89. The summed E-state index contributed by atoms with van der Waals surface area (Å²) in [4.78, 5) is 14.3. The van der Waals surface area contributed by atoms with E-state index in [1.165, 1.54) is 10.4 Å². The summed E-state index contributed by atoms with van der Waals surface area (Å²) < 4.78 is 52.2. The normalized spacial score (nSPS) is 21.4. The Morgan fingerprint density at radius 1 is 1.21 bits per heavy atom. The Kier molecular flexibility index (Phi) is 6.69. The summed E-state index contributed by atoms with van der Waals surface area (Å²) in [6, 6.07) is 3.30. The van der Waals surface area contributed by atoms with Crippen molar-refractivity contribution in [1.29, 1.82) is 0 Å². The van der Waals surface area contributed by atoms with Crippen molar-refractivity contribution in [1.82, 2.24) is 9.21 Å². The Balaban J connectivity index is 1.91. The number of sulfonamides is 1. The zero-order valence-corrected chi connectivity index (χ0v) is 17.1. The van der Waals surface area contributed by atoms with Gasteiger partial charge in [-0.25, -0.2) is 12.8 Å². The number of hydrogen-bond acceptors (Lipinski definition) is 5. The van der Waals surface area contributed by atoms with Crippen LogP contribution in [-0.2, 0) is 19.5 Å². The number of carbonyl (C=O) groups is 1. The first-order valence-corrected chi connectivity index (χ1v) is 11.2. The van der Waals surface area contributed by atoms with E-state index in [1.54, 1.807) is 18.7 Å². The van der Waals surface area contributed by atoms with E-state index in [0.717, 1.165) is 31.4 Å². The lowest BCUT2D eigenvalue weighted by molar-refractivity contribution is -0.100. The lowest BCUT2D eigenvalue weighted by Crippen LogP contribution is -2.50.